The van der Waals surface area contributed by atoms with Crippen molar-refractivity contribution in [1.82, 2.24) is 0 Å². The summed E-state index contributed by atoms with van der Waals surface area (Å²) in [5.74, 6) is 0.854. The molecular formula is C16H19NO4S. The van der Waals surface area contributed by atoms with E-state index in [2.05, 4.69) is 0 Å². The average molecular weight is 321 g/mol. The van der Waals surface area contributed by atoms with Gasteiger partial charge in [-0.05, 0) is 43.7 Å². The van der Waals surface area contributed by atoms with E-state index >= 15 is 0 Å². The molecule has 0 aromatic heterocycles. The molecule has 0 saturated heterocycles. The molecule has 0 aliphatic heterocycles. The maximum Gasteiger partial charge on any atom is 0.241 e. The lowest BCUT2D eigenvalue weighted by Gasteiger charge is -2.16. The van der Waals surface area contributed by atoms with Crippen LogP contribution < -0.4 is 14.6 Å². The van der Waals surface area contributed by atoms with Crippen LogP contribution in [-0.4, -0.2) is 22.6 Å². The van der Waals surface area contributed by atoms with Gasteiger partial charge in [0.1, 0.15) is 16.4 Å². The molecule has 0 radical (unpaired) electrons. The fraction of sp³-hybridized carbons (Fsp3) is 0.250. The first-order valence-corrected chi connectivity index (χ1v) is 8.19. The highest BCUT2D eigenvalue weighted by Crippen LogP contribution is 2.40. The van der Waals surface area contributed by atoms with Crippen molar-refractivity contribution in [3.63, 3.8) is 0 Å². The van der Waals surface area contributed by atoms with Crippen molar-refractivity contribution in [2.45, 2.75) is 18.7 Å². The van der Waals surface area contributed by atoms with Gasteiger partial charge in [-0.3, -0.25) is 0 Å². The third kappa shape index (κ3) is 3.08. The second-order valence-electron chi connectivity index (χ2n) is 5.09. The highest BCUT2D eigenvalue weighted by molar-refractivity contribution is 7.89. The number of aryl methyl sites for hydroxylation is 2. The highest BCUT2D eigenvalue weighted by Gasteiger charge is 2.21. The molecule has 0 unspecified atom stereocenters. The summed E-state index contributed by atoms with van der Waals surface area (Å²) < 4.78 is 34.4. The van der Waals surface area contributed by atoms with E-state index in [4.69, 9.17) is 14.6 Å². The lowest BCUT2D eigenvalue weighted by atomic mass is 9.99. The Morgan fingerprint density at radius 1 is 0.909 bits per heavy atom. The molecule has 0 atom stereocenters. The zero-order valence-corrected chi connectivity index (χ0v) is 13.8. The smallest absolute Gasteiger partial charge is 0.241 e. The molecule has 22 heavy (non-hydrogen) atoms. The number of nitrogens with two attached hydrogens (primary N) is 1. The lowest BCUT2D eigenvalue weighted by Crippen LogP contribution is -2.14. The molecule has 2 N–H and O–H groups in total. The van der Waals surface area contributed by atoms with Crippen LogP contribution in [0.5, 0.6) is 11.5 Å². The maximum atomic E-state index is 11.8. The van der Waals surface area contributed by atoms with Crippen molar-refractivity contribution in [3.8, 4) is 22.6 Å². The molecule has 118 valence electrons. The van der Waals surface area contributed by atoms with Crippen LogP contribution >= 0.6 is 0 Å². The number of sulfonamides is 1. The molecule has 6 heteroatoms. The lowest BCUT2D eigenvalue weighted by molar-refractivity contribution is 0.401. The Morgan fingerprint density at radius 3 is 2.09 bits per heavy atom. The molecule has 2 rings (SSSR count). The Hall–Kier alpha value is -2.05. The predicted molar refractivity (Wildman–Crippen MR) is 85.8 cm³/mol. The molecule has 0 fully saturated rings. The van der Waals surface area contributed by atoms with Crippen LogP contribution in [0.1, 0.15) is 11.1 Å². The maximum absolute atomic E-state index is 11.8. The first-order chi connectivity index (χ1) is 10.3. The minimum Gasteiger partial charge on any atom is -0.496 e. The van der Waals surface area contributed by atoms with Gasteiger partial charge < -0.3 is 9.47 Å². The Balaban J connectivity index is 2.87. The fourth-order valence-electron chi connectivity index (χ4n) is 2.39. The van der Waals surface area contributed by atoms with Crippen molar-refractivity contribution in [2.75, 3.05) is 14.2 Å². The van der Waals surface area contributed by atoms with Crippen LogP contribution in [0.2, 0.25) is 0 Å². The van der Waals surface area contributed by atoms with Gasteiger partial charge in [-0.25, -0.2) is 13.6 Å². The minimum absolute atomic E-state index is 0.0337. The normalized spacial score (nSPS) is 11.3. The average Bonchev–Trinajstić information content (AvgIpc) is 2.45. The van der Waals surface area contributed by atoms with Crippen LogP contribution in [0, 0.1) is 13.8 Å². The zero-order chi connectivity index (χ0) is 16.5. The number of benzene rings is 2. The van der Waals surface area contributed by atoms with Gasteiger partial charge in [0.15, 0.2) is 0 Å². The van der Waals surface area contributed by atoms with E-state index in [1.165, 1.54) is 13.2 Å². The first-order valence-electron chi connectivity index (χ1n) is 6.64. The van der Waals surface area contributed by atoms with Crippen molar-refractivity contribution >= 4 is 10.0 Å². The second kappa shape index (κ2) is 5.98. The summed E-state index contributed by atoms with van der Waals surface area (Å²) in [6.45, 7) is 3.76. The Labute approximate surface area is 130 Å². The van der Waals surface area contributed by atoms with Gasteiger partial charge in [-0.2, -0.15) is 0 Å². The molecule has 5 nitrogen and oxygen atoms in total. The van der Waals surface area contributed by atoms with E-state index in [-0.39, 0.29) is 10.6 Å². The standard InChI is InChI=1S/C16H19NO4S/c1-10-5-6-14(20-3)12(7-10)13-8-11(2)9-15(16(13)21-4)22(17,18)19/h5-9H,1-4H3,(H2,17,18,19). The molecular weight excluding hydrogens is 302 g/mol. The summed E-state index contributed by atoms with van der Waals surface area (Å²) in [6.07, 6.45) is 0. The third-order valence-electron chi connectivity index (χ3n) is 3.35. The molecule has 0 saturated carbocycles. The molecule has 0 aliphatic rings. The highest BCUT2D eigenvalue weighted by atomic mass is 32.2. The van der Waals surface area contributed by atoms with Crippen molar-refractivity contribution in [2.24, 2.45) is 5.14 Å². The molecule has 2 aromatic carbocycles. The number of hydrogen-bond acceptors (Lipinski definition) is 4. The van der Waals surface area contributed by atoms with E-state index < -0.39 is 10.0 Å². The monoisotopic (exact) mass is 321 g/mol. The molecule has 2 aromatic rings. The summed E-state index contributed by atoms with van der Waals surface area (Å²) in [5, 5.41) is 5.31. The summed E-state index contributed by atoms with van der Waals surface area (Å²) in [5.41, 5.74) is 3.18. The topological polar surface area (TPSA) is 78.6 Å². The quantitative estimate of drug-likeness (QED) is 0.939. The van der Waals surface area contributed by atoms with E-state index in [1.807, 2.05) is 31.2 Å². The van der Waals surface area contributed by atoms with Gasteiger partial charge in [0.25, 0.3) is 0 Å². The van der Waals surface area contributed by atoms with Crippen LogP contribution in [0.4, 0.5) is 0 Å². The second-order valence-corrected chi connectivity index (χ2v) is 6.62. The number of ether oxygens (including phenoxy) is 2. The van der Waals surface area contributed by atoms with E-state index in [1.54, 1.807) is 14.0 Å². The van der Waals surface area contributed by atoms with Gasteiger partial charge in [-0.15, -0.1) is 0 Å². The van der Waals surface area contributed by atoms with Crippen molar-refractivity contribution in [3.05, 3.63) is 41.5 Å². The van der Waals surface area contributed by atoms with Crippen molar-refractivity contribution < 1.29 is 17.9 Å². The number of primary sulfonamides is 1. The van der Waals surface area contributed by atoms with Crippen LogP contribution in [0.15, 0.2) is 35.2 Å². The predicted octanol–water partition coefficient (Wildman–Crippen LogP) is 2.64. The molecule has 0 heterocycles. The zero-order valence-electron chi connectivity index (χ0n) is 13.0. The summed E-state index contributed by atoms with van der Waals surface area (Å²) in [7, 11) is -0.906. The molecule has 0 amide bonds. The van der Waals surface area contributed by atoms with Gasteiger partial charge >= 0.3 is 0 Å². The largest absolute Gasteiger partial charge is 0.496 e. The number of methoxy groups -OCH3 is 2. The van der Waals surface area contributed by atoms with E-state index in [0.717, 1.165) is 16.7 Å². The summed E-state index contributed by atoms with van der Waals surface area (Å²) >= 11 is 0. The number of hydrogen-bond donors (Lipinski definition) is 1. The Bertz CT molecular complexity index is 813. The van der Waals surface area contributed by atoms with Crippen molar-refractivity contribution in [1.29, 1.82) is 0 Å². The van der Waals surface area contributed by atoms with Gasteiger partial charge in [0.2, 0.25) is 10.0 Å². The Kier molecular flexibility index (Phi) is 4.44. The minimum atomic E-state index is -3.89. The van der Waals surface area contributed by atoms with Gasteiger partial charge in [-0.1, -0.05) is 11.6 Å². The summed E-state index contributed by atoms with van der Waals surface area (Å²) in [4.78, 5) is -0.0337. The third-order valence-corrected chi connectivity index (χ3v) is 4.27. The molecule has 0 bridgehead atoms. The van der Waals surface area contributed by atoms with Crippen LogP contribution in [-0.2, 0) is 10.0 Å². The van der Waals surface area contributed by atoms with Crippen LogP contribution in [0.3, 0.4) is 0 Å². The molecule has 0 spiro atoms. The fourth-order valence-corrected chi connectivity index (χ4v) is 3.20. The van der Waals surface area contributed by atoms with E-state index in [0.29, 0.717) is 11.3 Å². The summed E-state index contributed by atoms with van der Waals surface area (Å²) in [6, 6.07) is 9.03. The molecule has 0 aliphatic carbocycles. The van der Waals surface area contributed by atoms with Gasteiger partial charge in [0.05, 0.1) is 14.2 Å². The number of rotatable bonds is 4. The SMILES string of the molecule is COc1ccc(C)cc1-c1cc(C)cc(S(N)(=O)=O)c1OC. The van der Waals surface area contributed by atoms with Crippen LogP contribution in [0.25, 0.3) is 11.1 Å². The first kappa shape index (κ1) is 16.3. The van der Waals surface area contributed by atoms with E-state index in [9.17, 15) is 8.42 Å². The van der Waals surface area contributed by atoms with Gasteiger partial charge in [0, 0.05) is 11.1 Å². The Morgan fingerprint density at radius 2 is 1.55 bits per heavy atom.